The fourth-order valence-corrected chi connectivity index (χ4v) is 4.56. The Morgan fingerprint density at radius 3 is 1.85 bits per heavy atom. The monoisotopic (exact) mass is 466 g/mol. The average molecular weight is 467 g/mol. The Hall–Kier alpha value is -2.94. The van der Waals surface area contributed by atoms with E-state index in [-0.39, 0.29) is 17.9 Å². The van der Waals surface area contributed by atoms with Crippen LogP contribution in [0.15, 0.2) is 48.5 Å². The quantitative estimate of drug-likeness (QED) is 0.726. The van der Waals surface area contributed by atoms with E-state index >= 15 is 0 Å². The van der Waals surface area contributed by atoms with Crippen LogP contribution in [0.4, 0.5) is 0 Å². The van der Waals surface area contributed by atoms with Crippen LogP contribution < -0.4 is 4.74 Å². The summed E-state index contributed by atoms with van der Waals surface area (Å²) in [5.41, 5.74) is 1.12. The van der Waals surface area contributed by atoms with Gasteiger partial charge in [-0.05, 0) is 42.0 Å². The molecule has 0 saturated carbocycles. The fourth-order valence-electron chi connectivity index (χ4n) is 4.56. The largest absolute Gasteiger partial charge is 0.490 e. The van der Waals surface area contributed by atoms with Crippen LogP contribution in [0.2, 0.25) is 0 Å². The van der Waals surface area contributed by atoms with Crippen LogP contribution in [0, 0.1) is 0 Å². The molecule has 0 atom stereocenters. The molecule has 8 heteroatoms. The first-order chi connectivity index (χ1) is 16.5. The van der Waals surface area contributed by atoms with Crippen LogP contribution in [0.5, 0.6) is 5.75 Å². The van der Waals surface area contributed by atoms with Crippen molar-refractivity contribution in [2.75, 3.05) is 52.6 Å². The first kappa shape index (κ1) is 22.8. The smallest absolute Gasteiger partial charge is 0.254 e. The van der Waals surface area contributed by atoms with Crippen molar-refractivity contribution in [3.8, 4) is 5.75 Å². The zero-order valence-electron chi connectivity index (χ0n) is 19.2. The van der Waals surface area contributed by atoms with Gasteiger partial charge in [0.1, 0.15) is 17.5 Å². The summed E-state index contributed by atoms with van der Waals surface area (Å²) >= 11 is 0. The van der Waals surface area contributed by atoms with Gasteiger partial charge in [-0.1, -0.05) is 12.1 Å². The minimum Gasteiger partial charge on any atom is -0.490 e. The van der Waals surface area contributed by atoms with E-state index in [2.05, 4.69) is 0 Å². The number of piperidine rings is 1. The first-order valence-corrected chi connectivity index (χ1v) is 11.9. The summed E-state index contributed by atoms with van der Waals surface area (Å²) in [6.07, 6.45) is 1.52. The molecule has 0 aromatic heterocycles. The maximum atomic E-state index is 12.9. The highest BCUT2D eigenvalue weighted by Crippen LogP contribution is 2.29. The zero-order valence-corrected chi connectivity index (χ0v) is 19.2. The van der Waals surface area contributed by atoms with E-state index in [1.54, 1.807) is 24.3 Å². The molecule has 0 radical (unpaired) electrons. The van der Waals surface area contributed by atoms with Gasteiger partial charge in [0.2, 0.25) is 0 Å². The lowest BCUT2D eigenvalue weighted by Crippen LogP contribution is -2.46. The molecule has 2 aromatic carbocycles. The van der Waals surface area contributed by atoms with E-state index in [1.165, 1.54) is 0 Å². The number of carbonyl (C=O) groups excluding carboxylic acids is 2. The van der Waals surface area contributed by atoms with Crippen molar-refractivity contribution in [1.82, 2.24) is 9.80 Å². The second-order valence-corrected chi connectivity index (χ2v) is 9.14. The summed E-state index contributed by atoms with van der Waals surface area (Å²) in [7, 11) is 0. The van der Waals surface area contributed by atoms with Gasteiger partial charge in [0.25, 0.3) is 11.8 Å². The van der Waals surface area contributed by atoms with Crippen molar-refractivity contribution in [3.05, 3.63) is 65.2 Å². The van der Waals surface area contributed by atoms with Gasteiger partial charge in [-0.2, -0.15) is 0 Å². The highest BCUT2D eigenvalue weighted by Gasteiger charge is 2.38. The predicted octanol–water partition coefficient (Wildman–Crippen LogP) is 2.06. The second kappa shape index (κ2) is 9.74. The SMILES string of the molecule is O=C(c1ccc(OC2CCN(C(=O)c3ccc(C4(O)COC4)cc3)CC2)cc1)N1CCOCC1. The number of hydrogen-bond acceptors (Lipinski definition) is 6. The summed E-state index contributed by atoms with van der Waals surface area (Å²) in [5.74, 6) is 0.745. The van der Waals surface area contributed by atoms with E-state index in [1.807, 2.05) is 34.1 Å². The number of likely N-dealkylation sites (tertiary alicyclic amines) is 1. The zero-order chi connectivity index (χ0) is 23.5. The van der Waals surface area contributed by atoms with Crippen molar-refractivity contribution < 1.29 is 28.9 Å². The maximum absolute atomic E-state index is 12.9. The van der Waals surface area contributed by atoms with Crippen molar-refractivity contribution in [1.29, 1.82) is 0 Å². The van der Waals surface area contributed by atoms with Gasteiger partial charge < -0.3 is 29.1 Å². The number of nitrogens with zero attached hydrogens (tertiary/aromatic N) is 2. The van der Waals surface area contributed by atoms with Crippen LogP contribution in [0.1, 0.15) is 39.1 Å². The van der Waals surface area contributed by atoms with E-state index < -0.39 is 5.60 Å². The molecule has 5 rings (SSSR count). The number of morpholine rings is 1. The predicted molar refractivity (Wildman–Crippen MR) is 124 cm³/mol. The van der Waals surface area contributed by atoms with Crippen LogP contribution in [-0.2, 0) is 15.1 Å². The summed E-state index contributed by atoms with van der Waals surface area (Å²) in [6.45, 7) is 4.23. The molecule has 0 aliphatic carbocycles. The Morgan fingerprint density at radius 1 is 0.794 bits per heavy atom. The van der Waals surface area contributed by atoms with Crippen molar-refractivity contribution in [2.24, 2.45) is 0 Å². The summed E-state index contributed by atoms with van der Waals surface area (Å²) < 4.78 is 16.5. The number of benzene rings is 2. The first-order valence-electron chi connectivity index (χ1n) is 11.9. The van der Waals surface area contributed by atoms with Gasteiger partial charge >= 0.3 is 0 Å². The molecular weight excluding hydrogens is 436 g/mol. The fraction of sp³-hybridized carbons (Fsp3) is 0.462. The van der Waals surface area contributed by atoms with Gasteiger partial charge in [-0.15, -0.1) is 0 Å². The van der Waals surface area contributed by atoms with Gasteiger partial charge in [-0.3, -0.25) is 9.59 Å². The molecule has 3 saturated heterocycles. The summed E-state index contributed by atoms with van der Waals surface area (Å²) in [5, 5.41) is 10.4. The molecule has 0 unspecified atom stereocenters. The van der Waals surface area contributed by atoms with E-state index in [9.17, 15) is 14.7 Å². The molecule has 0 spiro atoms. The van der Waals surface area contributed by atoms with Gasteiger partial charge in [0, 0.05) is 50.1 Å². The Labute approximate surface area is 199 Å². The van der Waals surface area contributed by atoms with Crippen LogP contribution in [0.25, 0.3) is 0 Å². The third kappa shape index (κ3) is 4.80. The molecule has 3 aliphatic rings. The maximum Gasteiger partial charge on any atom is 0.254 e. The van der Waals surface area contributed by atoms with Crippen molar-refractivity contribution in [2.45, 2.75) is 24.5 Å². The van der Waals surface area contributed by atoms with Crippen LogP contribution in [0.3, 0.4) is 0 Å². The van der Waals surface area contributed by atoms with Gasteiger partial charge in [0.05, 0.1) is 26.4 Å². The third-order valence-electron chi connectivity index (χ3n) is 6.78. The van der Waals surface area contributed by atoms with Gasteiger partial charge in [-0.25, -0.2) is 0 Å². The van der Waals surface area contributed by atoms with E-state index in [0.717, 1.165) is 24.2 Å². The Kier molecular flexibility index (Phi) is 6.54. The van der Waals surface area contributed by atoms with Crippen LogP contribution in [-0.4, -0.2) is 85.4 Å². The van der Waals surface area contributed by atoms with Crippen molar-refractivity contribution >= 4 is 11.8 Å². The lowest BCUT2D eigenvalue weighted by atomic mass is 9.91. The number of aliphatic hydroxyl groups is 1. The molecule has 0 bridgehead atoms. The standard InChI is InChI=1S/C26H30N2O6/c29-24(19-1-5-21(6-2-19)26(31)17-33-18-26)27-11-9-23(10-12-27)34-22-7-3-20(4-8-22)25(30)28-13-15-32-16-14-28/h1-8,23,31H,9-18H2. The lowest BCUT2D eigenvalue weighted by molar-refractivity contribution is -0.184. The number of hydrogen-bond donors (Lipinski definition) is 1. The van der Waals surface area contributed by atoms with Crippen molar-refractivity contribution in [3.63, 3.8) is 0 Å². The number of rotatable bonds is 5. The molecule has 180 valence electrons. The molecular formula is C26H30N2O6. The summed E-state index contributed by atoms with van der Waals surface area (Å²) in [6, 6.07) is 14.5. The van der Waals surface area contributed by atoms with E-state index in [4.69, 9.17) is 14.2 Å². The minimum absolute atomic E-state index is 0.00664. The Balaban J connectivity index is 1.11. The van der Waals surface area contributed by atoms with Gasteiger partial charge in [0.15, 0.2) is 0 Å². The minimum atomic E-state index is -0.925. The second-order valence-electron chi connectivity index (χ2n) is 9.14. The molecule has 3 heterocycles. The Bertz CT molecular complexity index is 1000. The number of amides is 2. The summed E-state index contributed by atoms with van der Waals surface area (Å²) in [4.78, 5) is 29.1. The topological polar surface area (TPSA) is 88.5 Å². The van der Waals surface area contributed by atoms with E-state index in [0.29, 0.717) is 63.7 Å². The molecule has 1 N–H and O–H groups in total. The van der Waals surface area contributed by atoms with Crippen LogP contribution >= 0.6 is 0 Å². The normalized spacial score (nSPS) is 20.5. The third-order valence-corrected chi connectivity index (χ3v) is 6.78. The molecule has 3 aliphatic heterocycles. The number of carbonyl (C=O) groups is 2. The molecule has 2 aromatic rings. The number of ether oxygens (including phenoxy) is 3. The molecule has 3 fully saturated rings. The lowest BCUT2D eigenvalue weighted by Gasteiger charge is -2.37. The Morgan fingerprint density at radius 2 is 1.32 bits per heavy atom. The average Bonchev–Trinajstić information content (AvgIpc) is 2.88. The molecule has 8 nitrogen and oxygen atoms in total. The highest BCUT2D eigenvalue weighted by molar-refractivity contribution is 5.95. The highest BCUT2D eigenvalue weighted by atomic mass is 16.5. The molecule has 2 amide bonds. The molecule has 34 heavy (non-hydrogen) atoms.